The summed E-state index contributed by atoms with van der Waals surface area (Å²) in [5.41, 5.74) is 22.2. The van der Waals surface area contributed by atoms with Gasteiger partial charge < -0.3 is 47.2 Å². The van der Waals surface area contributed by atoms with Crippen molar-refractivity contribution >= 4 is 180 Å². The van der Waals surface area contributed by atoms with Crippen molar-refractivity contribution in [2.24, 2.45) is 30.6 Å². The van der Waals surface area contributed by atoms with Gasteiger partial charge >= 0.3 is 0 Å². The minimum atomic E-state index is -3.76. The Morgan fingerprint density at radius 3 is 1.49 bits per heavy atom. The Labute approximate surface area is 852 Å². The van der Waals surface area contributed by atoms with Gasteiger partial charge in [-0.05, 0) is 273 Å². The van der Waals surface area contributed by atoms with Crippen LogP contribution in [0.1, 0.15) is 155 Å². The molecule has 11 N–H and O–H groups in total. The van der Waals surface area contributed by atoms with E-state index >= 15 is 0 Å². The Kier molecular flexibility index (Phi) is 41.5. The molecule has 16 aromatic rings. The third-order valence-corrected chi connectivity index (χ3v) is 22.6. The summed E-state index contributed by atoms with van der Waals surface area (Å²) < 4.78 is 65.1. The molecule has 0 radical (unpaired) electrons. The number of thiophene rings is 1. The van der Waals surface area contributed by atoms with Gasteiger partial charge in [0.2, 0.25) is 11.8 Å². The summed E-state index contributed by atoms with van der Waals surface area (Å²) in [6, 6.07) is 77.2. The van der Waals surface area contributed by atoms with Gasteiger partial charge in [0.05, 0.1) is 113 Å². The van der Waals surface area contributed by atoms with Crippen molar-refractivity contribution in [3.63, 3.8) is 0 Å². The molecule has 8 heterocycles. The number of rotatable bonds is 32. The average Bonchev–Trinajstić information content (AvgIpc) is 0.888. The minimum Gasteiger partial charge on any atom is -0.493 e. The fourth-order valence-electron chi connectivity index (χ4n) is 12.1. The molecule has 144 heavy (non-hydrogen) atoms. The maximum atomic E-state index is 12.6. The maximum absolute atomic E-state index is 12.6. The van der Waals surface area contributed by atoms with E-state index in [2.05, 4.69) is 117 Å². The van der Waals surface area contributed by atoms with Crippen LogP contribution in [0.3, 0.4) is 0 Å². The van der Waals surface area contributed by atoms with Gasteiger partial charge in [0, 0.05) is 60.8 Å². The lowest BCUT2D eigenvalue weighted by molar-refractivity contribution is -0.124. The van der Waals surface area contributed by atoms with Gasteiger partial charge in [0.15, 0.2) is 0 Å². The van der Waals surface area contributed by atoms with E-state index in [1.807, 2.05) is 106 Å². The molecule has 8 aromatic heterocycles. The van der Waals surface area contributed by atoms with Crippen LogP contribution < -0.4 is 58.0 Å². The molecule has 0 bridgehead atoms. The fourth-order valence-corrected chi connectivity index (χ4v) is 15.1. The molecule has 0 aliphatic heterocycles. The van der Waals surface area contributed by atoms with Gasteiger partial charge in [-0.25, -0.2) is 41.0 Å². The Balaban J connectivity index is 0.000000166. The molecule has 36 nitrogen and oxygen atoms in total. The van der Waals surface area contributed by atoms with Crippen molar-refractivity contribution in [1.29, 1.82) is 0 Å². The minimum absolute atomic E-state index is 0.0603. The van der Waals surface area contributed by atoms with E-state index < -0.39 is 33.7 Å². The summed E-state index contributed by atoms with van der Waals surface area (Å²) in [7, 11) is -3.76. The molecule has 9 amide bonds. The molecule has 41 heteroatoms. The molecule has 0 atom stereocenters. The van der Waals surface area contributed by atoms with Gasteiger partial charge in [-0.2, -0.15) is 35.7 Å². The number of nitrogens with zero attached hydrogens (tertiary/aromatic N) is 7. The van der Waals surface area contributed by atoms with Crippen LogP contribution in [-0.4, -0.2) is 116 Å². The first kappa shape index (κ1) is 107. The van der Waals surface area contributed by atoms with Crippen LogP contribution in [0.5, 0.6) is 5.75 Å². The summed E-state index contributed by atoms with van der Waals surface area (Å²) >= 11 is 15.5. The Morgan fingerprint density at radius 1 is 0.424 bits per heavy atom. The molecule has 16 rings (SSSR count). The highest BCUT2D eigenvalue weighted by Crippen LogP contribution is 2.31. The summed E-state index contributed by atoms with van der Waals surface area (Å²) in [4.78, 5) is 109. The number of carbonyl (C=O) groups excluding carboxylic acids is 9. The number of benzene rings is 8. The second-order valence-electron chi connectivity index (χ2n) is 29.7. The third-order valence-electron chi connectivity index (χ3n) is 19.0. The number of sulfonamides is 1. The molecule has 0 saturated heterocycles. The topological polar surface area (TPSA) is 499 Å². The normalized spacial score (nSPS) is 10.9. The zero-order valence-electron chi connectivity index (χ0n) is 77.2. The fraction of sp³-hybridized carbons (Fsp3) is 0.0874. The number of hydrogen-bond acceptors (Lipinski definition) is 26. The van der Waals surface area contributed by atoms with E-state index in [-0.39, 0.29) is 74.7 Å². The monoisotopic (exact) mass is 2130 g/mol. The Hall–Kier alpha value is -17.5. The van der Waals surface area contributed by atoms with Gasteiger partial charge in [-0.1, -0.05) is 109 Å². The number of aryl methyl sites for hydroxylation is 4. The molecule has 0 unspecified atom stereocenters. The second-order valence-corrected chi connectivity index (χ2v) is 34.4. The second kappa shape index (κ2) is 55.9. The van der Waals surface area contributed by atoms with Crippen molar-refractivity contribution < 1.29 is 82.8 Å². The average molecular weight is 2130 g/mol. The Morgan fingerprint density at radius 2 is 0.938 bits per heavy atom. The van der Waals surface area contributed by atoms with Crippen LogP contribution >= 0.6 is 57.1 Å². The van der Waals surface area contributed by atoms with Crippen molar-refractivity contribution in [1.82, 2.24) is 42.8 Å². The SMILES string of the molecule is CCCOc1ccccc1-c1cc(C(=O)N/N=C/c2ccco2)[nH]n1.Cc1cc(I)ccc1NC(=O)CCC(=O)N/N=C/c1ccco1.Cc1ccc(/C=N/NC(=O)c2cccc(NC(=O)c3ccccc3C)c2)o1.Cc1ccccc1S(=O)(=O)Nc1cccc(C(=O)N/N=C/c2ccco2)c1.O=C(N/N=C/c1ccco1)c1cccs1.O=C(Nc1ccccc1C(=O)N/N=C/c1ccco1)c1ccc(Cl)cc1Cl. The molecule has 0 aliphatic rings. The standard InChI is InChI=1S/C21H19N3O3.C19H13Cl2N3O3.C19H17N3O4S.C18H18N4O3.C16H16IN3O3.C10H8N2O2S/c1-14-6-3-4-9-19(14)21(26)23-17-8-5-7-16(12-17)20(25)24-22-13-18-11-10-15(2)27-18;20-12-7-8-14(16(21)10-12)18(25)23-17-6-2-1-5-15(17)19(26)24-22-11-13-4-3-9-27-13;1-14-6-2-3-10-18(14)27(24,25)22-16-8-4-7-15(12-16)19(23)21-20-13-17-9-5-11-26-17;1-2-9-25-17-8-4-3-7-14(17)15-11-16(21-20-15)18(23)22-19-12-13-6-5-10-24-13;1-11-9-12(17)4-5-14(11)19-15(21)6-7-16(22)20-18-10-13-3-2-8-23-13;13-10(9-4-2-6-15-9)12-11-7-8-3-1-5-14-8/h3-13H,1-2H3,(H,23,26)(H,24,25);1-11H,(H,23,25)(H,24,26);2-13,22H,1H3,(H,21,23);3-8,10-12H,2,9H2,1H3,(H,20,21)(H,22,23);2-5,8-10H,6-7H2,1H3,(H,19,21)(H,20,22);1-7H,(H,12,13)/b22-13+;22-11+;20-13+;19-12+;18-10+;11-7+. The molecule has 0 fully saturated rings. The quantitative estimate of drug-likeness (QED) is 0.0106. The molecule has 8 aromatic carbocycles. The number of aromatic amines is 1. The molecular formula is C103H91Cl2IN18O18S2. The molecule has 734 valence electrons. The van der Waals surface area contributed by atoms with Gasteiger partial charge in [-0.15, -0.1) is 11.3 Å². The zero-order chi connectivity index (χ0) is 102. The van der Waals surface area contributed by atoms with Crippen LogP contribution in [0.4, 0.5) is 22.7 Å². The first-order valence-corrected chi connectivity index (χ1v) is 47.5. The predicted octanol–water partition coefficient (Wildman–Crippen LogP) is 20.1. The number of H-pyrrole nitrogens is 1. The highest BCUT2D eigenvalue weighted by molar-refractivity contribution is 14.1. The van der Waals surface area contributed by atoms with Crippen molar-refractivity contribution in [2.75, 3.05) is 27.3 Å². The van der Waals surface area contributed by atoms with Crippen molar-refractivity contribution in [2.45, 2.75) is 58.8 Å². The van der Waals surface area contributed by atoms with Gasteiger partial charge in [0.25, 0.3) is 51.4 Å². The van der Waals surface area contributed by atoms with E-state index in [0.717, 1.165) is 43.9 Å². The van der Waals surface area contributed by atoms with Crippen molar-refractivity contribution in [3.8, 4) is 17.0 Å². The predicted molar refractivity (Wildman–Crippen MR) is 559 cm³/mol. The lowest BCUT2D eigenvalue weighted by Gasteiger charge is -2.11. The molecule has 0 saturated carbocycles. The van der Waals surface area contributed by atoms with E-state index in [4.69, 9.17) is 54.4 Å². The third kappa shape index (κ3) is 35.1. The van der Waals surface area contributed by atoms with Gasteiger partial charge in [-0.3, -0.25) is 53.0 Å². The summed E-state index contributed by atoms with van der Waals surface area (Å²) in [5.74, 6) is 1.53. The number of furan rings is 6. The summed E-state index contributed by atoms with van der Waals surface area (Å²) in [5, 5.41) is 40.5. The van der Waals surface area contributed by atoms with E-state index in [1.54, 1.807) is 189 Å². The highest BCUT2D eigenvalue weighted by atomic mass is 127. The van der Waals surface area contributed by atoms with E-state index in [0.29, 0.717) is 90.5 Å². The van der Waals surface area contributed by atoms with E-state index in [1.165, 1.54) is 97.9 Å². The lowest BCUT2D eigenvalue weighted by atomic mass is 10.1. The largest absolute Gasteiger partial charge is 0.493 e. The van der Waals surface area contributed by atoms with Crippen LogP contribution in [0.2, 0.25) is 10.0 Å². The smallest absolute Gasteiger partial charge is 0.289 e. The number of hydrazone groups is 6. The number of amides is 9. The van der Waals surface area contributed by atoms with Gasteiger partial charge in [0.1, 0.15) is 51.8 Å². The molecule has 0 spiro atoms. The summed E-state index contributed by atoms with van der Waals surface area (Å²) in [6.45, 7) is 10.0. The number of ether oxygens (including phenoxy) is 1. The van der Waals surface area contributed by atoms with Crippen LogP contribution in [0.25, 0.3) is 11.3 Å². The number of carbonyl (C=O) groups is 9. The number of halogens is 3. The number of hydrogen-bond donors (Lipinski definition) is 11. The zero-order valence-corrected chi connectivity index (χ0v) is 82.5. The Bertz CT molecular complexity index is 7290. The maximum Gasteiger partial charge on any atom is 0.289 e. The molecule has 0 aliphatic carbocycles. The van der Waals surface area contributed by atoms with Crippen LogP contribution in [-0.2, 0) is 19.6 Å². The van der Waals surface area contributed by atoms with Crippen LogP contribution in [0, 0.1) is 31.3 Å². The first-order valence-electron chi connectivity index (χ1n) is 43.3. The van der Waals surface area contributed by atoms with Crippen LogP contribution in [0.15, 0.2) is 372 Å². The number of nitrogens with one attached hydrogen (secondary N) is 11. The van der Waals surface area contributed by atoms with E-state index in [9.17, 15) is 51.6 Å². The van der Waals surface area contributed by atoms with Crippen molar-refractivity contribution in [3.05, 3.63) is 419 Å². The number of aromatic nitrogens is 2. The summed E-state index contributed by atoms with van der Waals surface area (Å²) in [6.07, 6.45) is 17.1. The number of para-hydroxylation sites is 2. The molecular weight excluding hydrogens is 2040 g/mol. The first-order chi connectivity index (χ1) is 69.7. The number of anilines is 4. The highest BCUT2D eigenvalue weighted by Gasteiger charge is 2.21. The lowest BCUT2D eigenvalue weighted by Crippen LogP contribution is -2.21.